The first-order valence-electron chi connectivity index (χ1n) is 6.69. The zero-order valence-electron chi connectivity index (χ0n) is 11.5. The molecule has 0 unspecified atom stereocenters. The Labute approximate surface area is 128 Å². The lowest BCUT2D eigenvalue weighted by Gasteiger charge is -2.17. The first-order valence-corrected chi connectivity index (χ1v) is 6.69. The van der Waals surface area contributed by atoms with Gasteiger partial charge in [-0.1, -0.05) is 18.0 Å². The highest BCUT2D eigenvalue weighted by Gasteiger charge is 2.35. The zero-order chi connectivity index (χ0) is 14.0. The summed E-state index contributed by atoms with van der Waals surface area (Å²) in [4.78, 5) is 4.32. The van der Waals surface area contributed by atoms with E-state index in [9.17, 15) is 5.11 Å². The minimum absolute atomic E-state index is 0. The van der Waals surface area contributed by atoms with Gasteiger partial charge in [0.2, 0.25) is 0 Å². The lowest BCUT2D eigenvalue weighted by atomic mass is 9.99. The summed E-state index contributed by atoms with van der Waals surface area (Å²) in [6, 6.07) is 6.46. The second-order valence-corrected chi connectivity index (χ2v) is 5.16. The normalized spacial score (nSPS) is 16.4. The van der Waals surface area contributed by atoms with E-state index in [-0.39, 0.29) is 24.8 Å². The monoisotopic (exact) mass is 311 g/mol. The van der Waals surface area contributed by atoms with Crippen LogP contribution in [0.3, 0.4) is 0 Å². The first-order chi connectivity index (χ1) is 9.66. The number of benzene rings is 1. The molecule has 0 amide bonds. The van der Waals surface area contributed by atoms with E-state index in [1.807, 2.05) is 0 Å². The third kappa shape index (κ3) is 3.46. The highest BCUT2D eigenvalue weighted by molar-refractivity contribution is 5.85. The highest BCUT2D eigenvalue weighted by Crippen LogP contribution is 2.34. The number of nitrogens with two attached hydrogens (primary N) is 1. The van der Waals surface area contributed by atoms with Crippen molar-refractivity contribution in [3.63, 3.8) is 0 Å². The number of hydrogen-bond acceptors (Lipinski definition) is 6. The molecule has 114 valence electrons. The topological polar surface area (TPSA) is 94.4 Å². The fraction of sp³-hybridized carbons (Fsp3) is 0.429. The zero-order valence-corrected chi connectivity index (χ0v) is 12.3. The predicted molar refractivity (Wildman–Crippen MR) is 78.3 cm³/mol. The molecule has 3 rings (SSSR count). The van der Waals surface area contributed by atoms with Crippen molar-refractivity contribution in [3.8, 4) is 11.5 Å². The van der Waals surface area contributed by atoms with Crippen LogP contribution in [0, 0.1) is 0 Å². The molecule has 3 N–H and O–H groups in total. The molecule has 0 bridgehead atoms. The summed E-state index contributed by atoms with van der Waals surface area (Å²) in [6.45, 7) is 0.188. The summed E-state index contributed by atoms with van der Waals surface area (Å²) in [5, 5.41) is 13.1. The fourth-order valence-electron chi connectivity index (χ4n) is 2.43. The van der Waals surface area contributed by atoms with E-state index >= 15 is 0 Å². The number of hydrogen-bond donors (Lipinski definition) is 2. The maximum atomic E-state index is 9.18. The maximum Gasteiger partial charge on any atom is 0.264 e. The fourth-order valence-corrected chi connectivity index (χ4v) is 2.43. The van der Waals surface area contributed by atoms with Crippen LogP contribution in [0.15, 0.2) is 28.8 Å². The number of ether oxygens (including phenoxy) is 1. The molecule has 1 heterocycles. The molecule has 2 aromatic rings. The van der Waals surface area contributed by atoms with Crippen molar-refractivity contribution < 1.29 is 14.4 Å². The van der Waals surface area contributed by atoms with Crippen molar-refractivity contribution in [1.29, 1.82) is 0 Å². The molecule has 7 heteroatoms. The second-order valence-electron chi connectivity index (χ2n) is 5.16. The molecule has 1 aromatic carbocycles. The number of phenols is 1. The summed E-state index contributed by atoms with van der Waals surface area (Å²) >= 11 is 0. The minimum atomic E-state index is -0.444. The number of halogens is 1. The Morgan fingerprint density at radius 3 is 2.57 bits per heavy atom. The van der Waals surface area contributed by atoms with Gasteiger partial charge in [0.15, 0.2) is 12.4 Å². The van der Waals surface area contributed by atoms with Crippen molar-refractivity contribution in [3.05, 3.63) is 36.0 Å². The molecule has 1 aliphatic rings. The van der Waals surface area contributed by atoms with Crippen molar-refractivity contribution in [2.45, 2.75) is 37.8 Å². The van der Waals surface area contributed by atoms with Crippen LogP contribution in [0.4, 0.5) is 0 Å². The van der Waals surface area contributed by atoms with Crippen LogP contribution in [-0.4, -0.2) is 15.2 Å². The molecule has 1 aliphatic carbocycles. The smallest absolute Gasteiger partial charge is 0.264 e. The summed E-state index contributed by atoms with van der Waals surface area (Å²) in [5.41, 5.74) is 5.82. The van der Waals surface area contributed by atoms with E-state index in [2.05, 4.69) is 10.1 Å². The van der Waals surface area contributed by atoms with E-state index in [1.54, 1.807) is 24.3 Å². The van der Waals surface area contributed by atoms with E-state index < -0.39 is 5.54 Å². The van der Waals surface area contributed by atoms with Crippen LogP contribution in [0.5, 0.6) is 11.5 Å². The van der Waals surface area contributed by atoms with Crippen LogP contribution in [0.25, 0.3) is 0 Å². The Hall–Kier alpha value is -1.79. The summed E-state index contributed by atoms with van der Waals surface area (Å²) in [5.74, 6) is 1.80. The number of rotatable bonds is 4. The van der Waals surface area contributed by atoms with Crippen LogP contribution < -0.4 is 10.5 Å². The van der Waals surface area contributed by atoms with Gasteiger partial charge in [-0.2, -0.15) is 4.98 Å². The van der Waals surface area contributed by atoms with Crippen LogP contribution in [0.2, 0.25) is 0 Å². The molecule has 1 aromatic heterocycles. The summed E-state index contributed by atoms with van der Waals surface area (Å²) in [6.07, 6.45) is 3.99. The van der Waals surface area contributed by atoms with Crippen LogP contribution in [0.1, 0.15) is 37.4 Å². The summed E-state index contributed by atoms with van der Waals surface area (Å²) in [7, 11) is 0. The number of aromatic nitrogens is 2. The van der Waals surface area contributed by atoms with Gasteiger partial charge in [-0.25, -0.2) is 0 Å². The second kappa shape index (κ2) is 6.32. The third-order valence-corrected chi connectivity index (χ3v) is 3.61. The van der Waals surface area contributed by atoms with Crippen molar-refractivity contribution in [1.82, 2.24) is 10.1 Å². The Bertz CT molecular complexity index is 579. The lowest BCUT2D eigenvalue weighted by molar-refractivity contribution is 0.241. The quantitative estimate of drug-likeness (QED) is 0.901. The molecular weight excluding hydrogens is 294 g/mol. The van der Waals surface area contributed by atoms with Gasteiger partial charge in [0.1, 0.15) is 11.5 Å². The maximum absolute atomic E-state index is 9.18. The van der Waals surface area contributed by atoms with E-state index in [0.29, 0.717) is 17.5 Å². The van der Waals surface area contributed by atoms with E-state index in [4.69, 9.17) is 15.0 Å². The van der Waals surface area contributed by atoms with Gasteiger partial charge in [0, 0.05) is 0 Å². The molecule has 1 saturated carbocycles. The molecule has 0 aliphatic heterocycles. The molecule has 6 nitrogen and oxygen atoms in total. The van der Waals surface area contributed by atoms with Crippen LogP contribution >= 0.6 is 12.4 Å². The molecule has 0 atom stereocenters. The van der Waals surface area contributed by atoms with Gasteiger partial charge in [-0.05, 0) is 37.1 Å². The third-order valence-electron chi connectivity index (χ3n) is 3.61. The molecule has 1 fully saturated rings. The molecule has 21 heavy (non-hydrogen) atoms. The molecule has 0 spiro atoms. The Kier molecular flexibility index (Phi) is 4.69. The molecule has 0 saturated heterocycles. The summed E-state index contributed by atoms with van der Waals surface area (Å²) < 4.78 is 10.7. The molecule has 0 radical (unpaired) electrons. The average molecular weight is 312 g/mol. The van der Waals surface area contributed by atoms with Crippen molar-refractivity contribution >= 4 is 12.4 Å². The minimum Gasteiger partial charge on any atom is -0.508 e. The number of phenolic OH excluding ortho intramolecular Hbond substituents is 1. The number of aromatic hydroxyl groups is 1. The first kappa shape index (κ1) is 15.6. The van der Waals surface area contributed by atoms with Gasteiger partial charge in [-0.3, -0.25) is 0 Å². The molecular formula is C14H18ClN3O3. The van der Waals surface area contributed by atoms with E-state index in [1.165, 1.54) is 0 Å². The Balaban J connectivity index is 0.00000161. The van der Waals surface area contributed by atoms with Gasteiger partial charge in [-0.15, -0.1) is 12.4 Å². The Morgan fingerprint density at radius 1 is 1.24 bits per heavy atom. The van der Waals surface area contributed by atoms with Crippen LogP contribution in [-0.2, 0) is 12.1 Å². The van der Waals surface area contributed by atoms with Crippen molar-refractivity contribution in [2.75, 3.05) is 0 Å². The largest absolute Gasteiger partial charge is 0.508 e. The van der Waals surface area contributed by atoms with Gasteiger partial charge in [0.05, 0.1) is 5.54 Å². The number of nitrogens with zero attached hydrogens (tertiary/aromatic N) is 2. The standard InChI is InChI=1S/C14H17N3O3.ClH/c15-14(7-1-2-8-14)13-16-12(20-17-13)9-19-11-5-3-10(18)4-6-11;/h3-6,18H,1-2,7-9,15H2;1H. The SMILES string of the molecule is Cl.NC1(c2noc(COc3ccc(O)cc3)n2)CCCC1. The Morgan fingerprint density at radius 2 is 1.90 bits per heavy atom. The average Bonchev–Trinajstić information content (AvgIpc) is 3.08. The van der Waals surface area contributed by atoms with Crippen molar-refractivity contribution in [2.24, 2.45) is 5.73 Å². The highest BCUT2D eigenvalue weighted by atomic mass is 35.5. The van der Waals surface area contributed by atoms with Gasteiger partial charge < -0.3 is 20.1 Å². The van der Waals surface area contributed by atoms with E-state index in [0.717, 1.165) is 25.7 Å². The lowest BCUT2D eigenvalue weighted by Crippen LogP contribution is -2.34. The predicted octanol–water partition coefficient (Wildman–Crippen LogP) is 2.50. The van der Waals surface area contributed by atoms with Gasteiger partial charge in [0.25, 0.3) is 5.89 Å². The van der Waals surface area contributed by atoms with Gasteiger partial charge >= 0.3 is 0 Å².